The summed E-state index contributed by atoms with van der Waals surface area (Å²) >= 11 is 0. The molecule has 0 aliphatic carbocycles. The van der Waals surface area contributed by atoms with Gasteiger partial charge in [0.25, 0.3) is 5.91 Å². The van der Waals surface area contributed by atoms with E-state index in [-0.39, 0.29) is 23.3 Å². The number of phenols is 1. The van der Waals surface area contributed by atoms with E-state index in [0.29, 0.717) is 13.1 Å². The zero-order valence-corrected chi connectivity index (χ0v) is 12.4. The number of aromatic hydroxyl groups is 1. The quantitative estimate of drug-likeness (QED) is 0.870. The van der Waals surface area contributed by atoms with Crippen molar-refractivity contribution in [3.05, 3.63) is 29.8 Å². The maximum absolute atomic E-state index is 12.1. The predicted molar refractivity (Wildman–Crippen MR) is 77.2 cm³/mol. The second-order valence-corrected chi connectivity index (χ2v) is 6.07. The molecular weight excluding hydrogens is 272 g/mol. The van der Waals surface area contributed by atoms with Gasteiger partial charge in [0.15, 0.2) is 0 Å². The molecule has 21 heavy (non-hydrogen) atoms. The van der Waals surface area contributed by atoms with Gasteiger partial charge in [-0.15, -0.1) is 0 Å². The first kappa shape index (κ1) is 15.2. The summed E-state index contributed by atoms with van der Waals surface area (Å²) in [5, 5.41) is 12.4. The number of para-hydroxylation sites is 1. The molecule has 1 saturated heterocycles. The Morgan fingerprint density at radius 2 is 1.90 bits per heavy atom. The summed E-state index contributed by atoms with van der Waals surface area (Å²) in [6, 6.07) is 6.29. The molecule has 6 heteroatoms. The van der Waals surface area contributed by atoms with Crippen LogP contribution in [-0.4, -0.2) is 46.7 Å². The molecule has 0 bridgehead atoms. The van der Waals surface area contributed by atoms with E-state index >= 15 is 0 Å². The molecule has 2 amide bonds. The smallest absolute Gasteiger partial charge is 0.407 e. The highest BCUT2D eigenvalue weighted by Gasteiger charge is 2.34. The minimum atomic E-state index is -0.542. The van der Waals surface area contributed by atoms with Crippen LogP contribution in [0.2, 0.25) is 0 Å². The van der Waals surface area contributed by atoms with Crippen molar-refractivity contribution in [3.63, 3.8) is 0 Å². The van der Waals surface area contributed by atoms with E-state index in [2.05, 4.69) is 5.32 Å². The number of benzene rings is 1. The van der Waals surface area contributed by atoms with Crippen LogP contribution in [0.1, 0.15) is 31.1 Å². The molecule has 0 atom stereocenters. The lowest BCUT2D eigenvalue weighted by atomic mass is 10.1. The number of hydrogen-bond acceptors (Lipinski definition) is 4. The van der Waals surface area contributed by atoms with E-state index in [1.54, 1.807) is 43.9 Å². The van der Waals surface area contributed by atoms with E-state index in [9.17, 15) is 14.7 Å². The van der Waals surface area contributed by atoms with Crippen LogP contribution >= 0.6 is 0 Å². The molecule has 1 aromatic rings. The van der Waals surface area contributed by atoms with Crippen molar-refractivity contribution in [1.29, 1.82) is 0 Å². The Morgan fingerprint density at radius 1 is 1.29 bits per heavy atom. The average Bonchev–Trinajstić information content (AvgIpc) is 2.31. The van der Waals surface area contributed by atoms with Gasteiger partial charge in [-0.3, -0.25) is 4.79 Å². The van der Waals surface area contributed by atoms with Gasteiger partial charge in [-0.05, 0) is 32.9 Å². The molecule has 0 radical (unpaired) electrons. The number of phenolic OH excluding ortho intramolecular Hbond substituents is 1. The standard InChI is InChI=1S/C15H20N2O4/c1-15(2,3)21-14(20)16-10-8-17(9-10)13(19)11-6-4-5-7-12(11)18/h4-7,10,18H,8-9H2,1-3H3,(H,16,20). The van der Waals surface area contributed by atoms with Crippen molar-refractivity contribution in [2.24, 2.45) is 0 Å². The predicted octanol–water partition coefficient (Wildman–Crippen LogP) is 1.74. The lowest BCUT2D eigenvalue weighted by Crippen LogP contribution is -2.61. The van der Waals surface area contributed by atoms with Gasteiger partial charge in [0.2, 0.25) is 0 Å². The fraction of sp³-hybridized carbons (Fsp3) is 0.467. The van der Waals surface area contributed by atoms with Crippen molar-refractivity contribution in [3.8, 4) is 5.75 Å². The van der Waals surface area contributed by atoms with Gasteiger partial charge in [0.1, 0.15) is 11.4 Å². The van der Waals surface area contributed by atoms with Gasteiger partial charge in [-0.1, -0.05) is 12.1 Å². The first-order chi connectivity index (χ1) is 9.76. The van der Waals surface area contributed by atoms with Crippen LogP contribution in [0.15, 0.2) is 24.3 Å². The fourth-order valence-corrected chi connectivity index (χ4v) is 2.03. The molecule has 114 valence electrons. The number of alkyl carbamates (subject to hydrolysis) is 1. The maximum atomic E-state index is 12.1. The first-order valence-electron chi connectivity index (χ1n) is 6.83. The highest BCUT2D eigenvalue weighted by Crippen LogP contribution is 2.21. The average molecular weight is 292 g/mol. The summed E-state index contributed by atoms with van der Waals surface area (Å²) in [4.78, 5) is 25.3. The summed E-state index contributed by atoms with van der Waals surface area (Å²) in [5.41, 5.74) is -0.271. The Balaban J connectivity index is 1.83. The van der Waals surface area contributed by atoms with Gasteiger partial charge in [-0.25, -0.2) is 4.79 Å². The lowest BCUT2D eigenvalue weighted by molar-refractivity contribution is 0.0358. The molecule has 2 N–H and O–H groups in total. The van der Waals surface area contributed by atoms with Gasteiger partial charge in [0.05, 0.1) is 11.6 Å². The zero-order chi connectivity index (χ0) is 15.6. The number of ether oxygens (including phenoxy) is 1. The largest absolute Gasteiger partial charge is 0.507 e. The Bertz CT molecular complexity index is 545. The lowest BCUT2D eigenvalue weighted by Gasteiger charge is -2.39. The number of rotatable bonds is 2. The number of carbonyl (C=O) groups excluding carboxylic acids is 2. The summed E-state index contributed by atoms with van der Waals surface area (Å²) in [6.07, 6.45) is -0.484. The van der Waals surface area contributed by atoms with Crippen LogP contribution in [0.5, 0.6) is 5.75 Å². The molecule has 0 aromatic heterocycles. The normalized spacial score (nSPS) is 15.3. The number of hydrogen-bond donors (Lipinski definition) is 2. The third kappa shape index (κ3) is 3.87. The van der Waals surface area contributed by atoms with Crippen LogP contribution < -0.4 is 5.32 Å². The SMILES string of the molecule is CC(C)(C)OC(=O)NC1CN(C(=O)c2ccccc2O)C1. The van der Waals surface area contributed by atoms with E-state index in [0.717, 1.165) is 0 Å². The number of carbonyl (C=O) groups is 2. The Kier molecular flexibility index (Phi) is 4.06. The van der Waals surface area contributed by atoms with Crippen molar-refractivity contribution in [2.75, 3.05) is 13.1 Å². The summed E-state index contributed by atoms with van der Waals surface area (Å²) in [6.45, 7) is 6.20. The van der Waals surface area contributed by atoms with Gasteiger partial charge < -0.3 is 20.1 Å². The molecule has 1 aromatic carbocycles. The minimum absolute atomic E-state index is 0.0361. The molecule has 0 spiro atoms. The molecule has 1 aliphatic rings. The van der Waals surface area contributed by atoms with E-state index < -0.39 is 11.7 Å². The van der Waals surface area contributed by atoms with Crippen molar-refractivity contribution in [2.45, 2.75) is 32.4 Å². The molecule has 1 heterocycles. The van der Waals surface area contributed by atoms with E-state index in [1.165, 1.54) is 6.07 Å². The second kappa shape index (κ2) is 5.63. The van der Waals surface area contributed by atoms with Crippen LogP contribution in [0.4, 0.5) is 4.79 Å². The van der Waals surface area contributed by atoms with Gasteiger partial charge in [-0.2, -0.15) is 0 Å². The van der Waals surface area contributed by atoms with Crippen LogP contribution in [0.25, 0.3) is 0 Å². The number of nitrogens with zero attached hydrogens (tertiary/aromatic N) is 1. The molecule has 6 nitrogen and oxygen atoms in total. The third-order valence-corrected chi connectivity index (χ3v) is 3.02. The monoisotopic (exact) mass is 292 g/mol. The van der Waals surface area contributed by atoms with Crippen molar-refractivity contribution in [1.82, 2.24) is 10.2 Å². The molecule has 0 saturated carbocycles. The first-order valence-corrected chi connectivity index (χ1v) is 6.83. The Hall–Kier alpha value is -2.24. The van der Waals surface area contributed by atoms with Crippen LogP contribution in [0.3, 0.4) is 0 Å². The van der Waals surface area contributed by atoms with Gasteiger partial charge >= 0.3 is 6.09 Å². The van der Waals surface area contributed by atoms with E-state index in [1.807, 2.05) is 0 Å². The molecule has 0 unspecified atom stereocenters. The molecule has 2 rings (SSSR count). The number of nitrogens with one attached hydrogen (secondary N) is 1. The topological polar surface area (TPSA) is 78.9 Å². The Labute approximate surface area is 123 Å². The fourth-order valence-electron chi connectivity index (χ4n) is 2.03. The van der Waals surface area contributed by atoms with Gasteiger partial charge in [0, 0.05) is 13.1 Å². The molecular formula is C15H20N2O4. The number of amides is 2. The zero-order valence-electron chi connectivity index (χ0n) is 12.4. The van der Waals surface area contributed by atoms with Crippen LogP contribution in [-0.2, 0) is 4.74 Å². The van der Waals surface area contributed by atoms with Crippen LogP contribution in [0, 0.1) is 0 Å². The molecule has 1 fully saturated rings. The number of likely N-dealkylation sites (tertiary alicyclic amines) is 1. The highest BCUT2D eigenvalue weighted by molar-refractivity contribution is 5.97. The third-order valence-electron chi connectivity index (χ3n) is 3.02. The Morgan fingerprint density at radius 3 is 2.48 bits per heavy atom. The van der Waals surface area contributed by atoms with Crippen molar-refractivity contribution >= 4 is 12.0 Å². The van der Waals surface area contributed by atoms with Crippen molar-refractivity contribution < 1.29 is 19.4 Å². The summed E-state index contributed by atoms with van der Waals surface area (Å²) in [5.74, 6) is -0.276. The van der Waals surface area contributed by atoms with E-state index in [4.69, 9.17) is 4.74 Å². The summed E-state index contributed by atoms with van der Waals surface area (Å²) in [7, 11) is 0. The minimum Gasteiger partial charge on any atom is -0.507 e. The highest BCUT2D eigenvalue weighted by atomic mass is 16.6. The second-order valence-electron chi connectivity index (χ2n) is 6.07. The summed E-state index contributed by atoms with van der Waals surface area (Å²) < 4.78 is 5.15. The maximum Gasteiger partial charge on any atom is 0.407 e. The molecule has 1 aliphatic heterocycles.